The van der Waals surface area contributed by atoms with E-state index in [4.69, 9.17) is 0 Å². The third-order valence-electron chi connectivity index (χ3n) is 4.01. The zero-order valence-corrected chi connectivity index (χ0v) is 15.8. The number of anilines is 3. The molecule has 3 aromatic carbocycles. The molecule has 0 fully saturated rings. The second kappa shape index (κ2) is 10.0. The van der Waals surface area contributed by atoms with Gasteiger partial charge >= 0.3 is 6.61 Å². The van der Waals surface area contributed by atoms with E-state index in [1.54, 1.807) is 36.4 Å². The summed E-state index contributed by atoms with van der Waals surface area (Å²) in [6, 6.07) is 21.4. The predicted octanol–water partition coefficient (Wildman–Crippen LogP) is 4.59. The fourth-order valence-corrected chi connectivity index (χ4v) is 2.66. The molecule has 2 amide bonds. The molecular weight excluding hydrogens is 392 g/mol. The maximum Gasteiger partial charge on any atom is 0.387 e. The SMILES string of the molecule is O=C(CNc1ccccc1C(=O)Nc1ccccc1)Nc1ccc(OC(F)F)cc1. The van der Waals surface area contributed by atoms with Crippen LogP contribution in [0.5, 0.6) is 5.75 Å². The van der Waals surface area contributed by atoms with Crippen LogP contribution in [0.25, 0.3) is 0 Å². The van der Waals surface area contributed by atoms with E-state index in [-0.39, 0.29) is 24.1 Å². The van der Waals surface area contributed by atoms with E-state index in [0.717, 1.165) is 0 Å². The number of nitrogens with one attached hydrogen (secondary N) is 3. The van der Waals surface area contributed by atoms with E-state index < -0.39 is 6.61 Å². The highest BCUT2D eigenvalue weighted by Crippen LogP contribution is 2.19. The fourth-order valence-electron chi connectivity index (χ4n) is 2.66. The minimum absolute atomic E-state index is 0.000482. The standard InChI is InChI=1S/C22H19F2N3O3/c23-22(24)30-17-12-10-16(11-13-17)26-20(28)14-25-19-9-5-4-8-18(19)21(29)27-15-6-2-1-3-7-15/h1-13,22,25H,14H2,(H,26,28)(H,27,29). The Morgan fingerprint density at radius 2 is 1.43 bits per heavy atom. The first kappa shape index (κ1) is 20.8. The van der Waals surface area contributed by atoms with Gasteiger partial charge in [-0.3, -0.25) is 9.59 Å². The predicted molar refractivity (Wildman–Crippen MR) is 111 cm³/mol. The second-order valence-electron chi connectivity index (χ2n) is 6.17. The highest BCUT2D eigenvalue weighted by Gasteiger charge is 2.12. The summed E-state index contributed by atoms with van der Waals surface area (Å²) in [6.45, 7) is -3.00. The summed E-state index contributed by atoms with van der Waals surface area (Å²) in [7, 11) is 0. The van der Waals surface area contributed by atoms with Crippen molar-refractivity contribution in [2.24, 2.45) is 0 Å². The minimum atomic E-state index is -2.91. The minimum Gasteiger partial charge on any atom is -0.435 e. The quantitative estimate of drug-likeness (QED) is 0.507. The highest BCUT2D eigenvalue weighted by atomic mass is 19.3. The van der Waals surface area contributed by atoms with Gasteiger partial charge in [-0.2, -0.15) is 8.78 Å². The van der Waals surface area contributed by atoms with Crippen molar-refractivity contribution in [1.29, 1.82) is 0 Å². The number of hydrogen-bond donors (Lipinski definition) is 3. The van der Waals surface area contributed by atoms with Gasteiger partial charge in [0.2, 0.25) is 5.91 Å². The average Bonchev–Trinajstić information content (AvgIpc) is 2.74. The third kappa shape index (κ3) is 6.03. The molecule has 3 N–H and O–H groups in total. The van der Waals surface area contributed by atoms with Gasteiger partial charge < -0.3 is 20.7 Å². The third-order valence-corrected chi connectivity index (χ3v) is 4.01. The number of ether oxygens (including phenoxy) is 1. The molecule has 8 heteroatoms. The molecule has 3 aromatic rings. The van der Waals surface area contributed by atoms with Gasteiger partial charge in [-0.05, 0) is 48.5 Å². The lowest BCUT2D eigenvalue weighted by Crippen LogP contribution is -2.23. The van der Waals surface area contributed by atoms with Crippen molar-refractivity contribution in [2.45, 2.75) is 6.61 Å². The van der Waals surface area contributed by atoms with Crippen LogP contribution in [0.1, 0.15) is 10.4 Å². The van der Waals surface area contributed by atoms with Crippen molar-refractivity contribution in [3.8, 4) is 5.75 Å². The molecule has 3 rings (SSSR count). The Balaban J connectivity index is 1.58. The number of para-hydroxylation sites is 2. The molecule has 30 heavy (non-hydrogen) atoms. The van der Waals surface area contributed by atoms with Crippen molar-refractivity contribution in [3.05, 3.63) is 84.4 Å². The van der Waals surface area contributed by atoms with Crippen LogP contribution < -0.4 is 20.7 Å². The van der Waals surface area contributed by atoms with Crippen LogP contribution in [0, 0.1) is 0 Å². The first-order valence-corrected chi connectivity index (χ1v) is 9.05. The summed E-state index contributed by atoms with van der Waals surface area (Å²) in [4.78, 5) is 24.8. The molecule has 0 aliphatic rings. The first-order valence-electron chi connectivity index (χ1n) is 9.05. The number of rotatable bonds is 8. The second-order valence-corrected chi connectivity index (χ2v) is 6.17. The lowest BCUT2D eigenvalue weighted by atomic mass is 10.1. The van der Waals surface area contributed by atoms with Crippen LogP contribution in [0.4, 0.5) is 25.8 Å². The van der Waals surface area contributed by atoms with Gasteiger partial charge in [0, 0.05) is 17.1 Å². The first-order chi connectivity index (χ1) is 14.5. The van der Waals surface area contributed by atoms with Gasteiger partial charge in [0.15, 0.2) is 0 Å². The van der Waals surface area contributed by atoms with Crippen LogP contribution in [-0.4, -0.2) is 25.0 Å². The molecule has 0 bridgehead atoms. The summed E-state index contributed by atoms with van der Waals surface area (Å²) in [5.41, 5.74) is 1.98. The van der Waals surface area contributed by atoms with Gasteiger partial charge in [-0.25, -0.2) is 0 Å². The van der Waals surface area contributed by atoms with Crippen LogP contribution in [0.15, 0.2) is 78.9 Å². The number of hydrogen-bond acceptors (Lipinski definition) is 4. The summed E-state index contributed by atoms with van der Waals surface area (Å²) >= 11 is 0. The van der Waals surface area contributed by atoms with E-state index in [1.807, 2.05) is 18.2 Å². The number of carbonyl (C=O) groups is 2. The van der Waals surface area contributed by atoms with Crippen LogP contribution >= 0.6 is 0 Å². The van der Waals surface area contributed by atoms with Crippen molar-refractivity contribution < 1.29 is 23.1 Å². The Morgan fingerprint density at radius 3 is 2.13 bits per heavy atom. The fraction of sp³-hybridized carbons (Fsp3) is 0.0909. The van der Waals surface area contributed by atoms with Gasteiger partial charge in [-0.1, -0.05) is 30.3 Å². The molecular formula is C22H19F2N3O3. The lowest BCUT2D eigenvalue weighted by Gasteiger charge is -2.13. The van der Waals surface area contributed by atoms with E-state index in [0.29, 0.717) is 22.6 Å². The Morgan fingerprint density at radius 1 is 0.800 bits per heavy atom. The van der Waals surface area contributed by atoms with E-state index >= 15 is 0 Å². The van der Waals surface area contributed by atoms with Crippen LogP contribution in [0.2, 0.25) is 0 Å². The van der Waals surface area contributed by atoms with Gasteiger partial charge in [0.05, 0.1) is 12.1 Å². The summed E-state index contributed by atoms with van der Waals surface area (Å²) in [5, 5.41) is 8.38. The Bertz CT molecular complexity index is 996. The molecule has 0 aliphatic heterocycles. The van der Waals surface area contributed by atoms with E-state index in [1.165, 1.54) is 24.3 Å². The summed E-state index contributed by atoms with van der Waals surface area (Å²) in [6.07, 6.45) is 0. The molecule has 0 aliphatic carbocycles. The molecule has 0 saturated carbocycles. The molecule has 0 radical (unpaired) electrons. The molecule has 154 valence electrons. The molecule has 0 unspecified atom stereocenters. The molecule has 0 spiro atoms. The zero-order chi connectivity index (χ0) is 21.3. The zero-order valence-electron chi connectivity index (χ0n) is 15.8. The van der Waals surface area contributed by atoms with Crippen molar-refractivity contribution in [1.82, 2.24) is 0 Å². The monoisotopic (exact) mass is 411 g/mol. The molecule has 0 atom stereocenters. The number of carbonyl (C=O) groups excluding carboxylic acids is 2. The average molecular weight is 411 g/mol. The number of amides is 2. The number of alkyl halides is 2. The maximum absolute atomic E-state index is 12.6. The lowest BCUT2D eigenvalue weighted by molar-refractivity contribution is -0.114. The van der Waals surface area contributed by atoms with E-state index in [9.17, 15) is 18.4 Å². The van der Waals surface area contributed by atoms with Crippen LogP contribution in [-0.2, 0) is 4.79 Å². The highest BCUT2D eigenvalue weighted by molar-refractivity contribution is 6.08. The molecule has 0 heterocycles. The summed E-state index contributed by atoms with van der Waals surface area (Å²) in [5.74, 6) is -0.672. The smallest absolute Gasteiger partial charge is 0.387 e. The topological polar surface area (TPSA) is 79.5 Å². The van der Waals surface area contributed by atoms with Crippen molar-refractivity contribution >= 4 is 28.9 Å². The van der Waals surface area contributed by atoms with Gasteiger partial charge in [0.1, 0.15) is 5.75 Å². The van der Waals surface area contributed by atoms with Gasteiger partial charge in [-0.15, -0.1) is 0 Å². The van der Waals surface area contributed by atoms with Crippen molar-refractivity contribution in [3.63, 3.8) is 0 Å². The van der Waals surface area contributed by atoms with Crippen LogP contribution in [0.3, 0.4) is 0 Å². The van der Waals surface area contributed by atoms with E-state index in [2.05, 4.69) is 20.7 Å². The normalized spacial score (nSPS) is 10.4. The summed E-state index contributed by atoms with van der Waals surface area (Å²) < 4.78 is 28.6. The number of halogens is 2. The molecule has 6 nitrogen and oxygen atoms in total. The Hall–Kier alpha value is -3.94. The largest absolute Gasteiger partial charge is 0.435 e. The van der Waals surface area contributed by atoms with Gasteiger partial charge in [0.25, 0.3) is 5.91 Å². The number of benzene rings is 3. The Labute approximate surface area is 171 Å². The van der Waals surface area contributed by atoms with Crippen molar-refractivity contribution in [2.75, 3.05) is 22.5 Å². The molecule has 0 saturated heterocycles. The maximum atomic E-state index is 12.6. The molecule has 0 aromatic heterocycles. The Kier molecular flexibility index (Phi) is 6.94.